The fourth-order valence-electron chi connectivity index (χ4n) is 1.60. The van der Waals surface area contributed by atoms with Crippen LogP contribution in [0, 0.1) is 0 Å². The molecule has 0 amide bonds. The van der Waals surface area contributed by atoms with Crippen molar-refractivity contribution >= 4 is 0 Å². The highest BCUT2D eigenvalue weighted by Crippen LogP contribution is 1.98. The second-order valence-electron chi connectivity index (χ2n) is 3.44. The van der Waals surface area contributed by atoms with Crippen LogP contribution in [0.3, 0.4) is 0 Å². The molecule has 0 bridgehead atoms. The molecule has 0 unspecified atom stereocenters. The average molecular weight is 171 g/mol. The van der Waals surface area contributed by atoms with Crippen LogP contribution in [0.4, 0.5) is 0 Å². The van der Waals surface area contributed by atoms with E-state index in [2.05, 4.69) is 10.2 Å². The summed E-state index contributed by atoms with van der Waals surface area (Å²) in [5.41, 5.74) is 5.44. The molecule has 0 atom stereocenters. The topological polar surface area (TPSA) is 41.3 Å². The summed E-state index contributed by atoms with van der Waals surface area (Å²) in [5, 5.41) is 3.40. The van der Waals surface area contributed by atoms with Gasteiger partial charge in [-0.15, -0.1) is 0 Å². The lowest BCUT2D eigenvalue weighted by molar-refractivity contribution is 0.287. The maximum Gasteiger partial charge on any atom is 0.0107 e. The molecular weight excluding hydrogens is 150 g/mol. The lowest BCUT2D eigenvalue weighted by Gasteiger charge is -2.18. The predicted molar refractivity (Wildman–Crippen MR) is 52.2 cm³/mol. The van der Waals surface area contributed by atoms with E-state index < -0.39 is 0 Å². The lowest BCUT2D eigenvalue weighted by Crippen LogP contribution is -2.29. The van der Waals surface area contributed by atoms with Crippen LogP contribution in [0.2, 0.25) is 0 Å². The molecule has 0 aromatic carbocycles. The molecule has 1 aliphatic rings. The Bertz CT molecular complexity index is 97.9. The van der Waals surface area contributed by atoms with Gasteiger partial charge in [0.05, 0.1) is 0 Å². The first-order valence-electron chi connectivity index (χ1n) is 5.06. The maximum absolute atomic E-state index is 5.44. The molecule has 72 valence electrons. The van der Waals surface area contributed by atoms with Gasteiger partial charge in [-0.25, -0.2) is 0 Å². The van der Waals surface area contributed by atoms with Gasteiger partial charge >= 0.3 is 0 Å². The van der Waals surface area contributed by atoms with Crippen LogP contribution in [0.15, 0.2) is 0 Å². The third-order valence-electron chi connectivity index (χ3n) is 2.36. The summed E-state index contributed by atoms with van der Waals surface area (Å²) in [5.74, 6) is 0. The van der Waals surface area contributed by atoms with Gasteiger partial charge in [0.15, 0.2) is 0 Å². The minimum Gasteiger partial charge on any atom is -0.330 e. The molecule has 0 radical (unpaired) electrons. The molecule has 1 heterocycles. The Kier molecular flexibility index (Phi) is 5.32. The number of hydrogen-bond donors (Lipinski definition) is 2. The molecule has 12 heavy (non-hydrogen) atoms. The molecule has 0 saturated carbocycles. The van der Waals surface area contributed by atoms with Crippen molar-refractivity contribution in [2.45, 2.75) is 19.3 Å². The summed E-state index contributed by atoms with van der Waals surface area (Å²) >= 11 is 0. The highest BCUT2D eigenvalue weighted by atomic mass is 15.1. The Balaban J connectivity index is 2.04. The van der Waals surface area contributed by atoms with E-state index in [0.717, 1.165) is 13.1 Å². The standard InChI is InChI=1S/C9H21N3/c10-4-1-2-7-12-8-3-5-11-6-9-12/h11H,1-10H2. The Labute approximate surface area is 75.3 Å². The minimum atomic E-state index is 0.839. The van der Waals surface area contributed by atoms with Crippen molar-refractivity contribution in [2.75, 3.05) is 39.3 Å². The summed E-state index contributed by atoms with van der Waals surface area (Å²) in [4.78, 5) is 2.54. The second-order valence-corrected chi connectivity index (χ2v) is 3.44. The smallest absolute Gasteiger partial charge is 0.0107 e. The fourth-order valence-corrected chi connectivity index (χ4v) is 1.60. The summed E-state index contributed by atoms with van der Waals surface area (Å²) in [6.45, 7) is 6.89. The van der Waals surface area contributed by atoms with Gasteiger partial charge in [-0.2, -0.15) is 0 Å². The van der Waals surface area contributed by atoms with E-state index in [9.17, 15) is 0 Å². The van der Waals surface area contributed by atoms with Gasteiger partial charge in [-0.1, -0.05) is 0 Å². The summed E-state index contributed by atoms with van der Waals surface area (Å²) in [7, 11) is 0. The average Bonchev–Trinajstić information content (AvgIpc) is 2.33. The molecule has 1 saturated heterocycles. The van der Waals surface area contributed by atoms with Crippen LogP contribution in [-0.2, 0) is 0 Å². The zero-order valence-corrected chi connectivity index (χ0v) is 7.89. The highest BCUT2D eigenvalue weighted by Gasteiger charge is 2.06. The molecule has 1 fully saturated rings. The number of nitrogens with one attached hydrogen (secondary N) is 1. The van der Waals surface area contributed by atoms with Gasteiger partial charge in [0, 0.05) is 13.1 Å². The SMILES string of the molecule is NCCCCN1CCCNCC1. The van der Waals surface area contributed by atoms with Gasteiger partial charge < -0.3 is 16.0 Å². The largest absolute Gasteiger partial charge is 0.330 e. The molecule has 1 aliphatic heterocycles. The van der Waals surface area contributed by atoms with Crippen LogP contribution in [0.1, 0.15) is 19.3 Å². The van der Waals surface area contributed by atoms with Crippen LogP contribution < -0.4 is 11.1 Å². The van der Waals surface area contributed by atoms with Gasteiger partial charge in [0.2, 0.25) is 0 Å². The minimum absolute atomic E-state index is 0.839. The quantitative estimate of drug-likeness (QED) is 0.586. The predicted octanol–water partition coefficient (Wildman–Crippen LogP) is 0.0206. The van der Waals surface area contributed by atoms with E-state index in [1.165, 1.54) is 45.4 Å². The Morgan fingerprint density at radius 2 is 2.08 bits per heavy atom. The van der Waals surface area contributed by atoms with Crippen molar-refractivity contribution in [1.82, 2.24) is 10.2 Å². The third kappa shape index (κ3) is 4.04. The maximum atomic E-state index is 5.44. The molecule has 3 heteroatoms. The molecule has 3 N–H and O–H groups in total. The molecule has 0 spiro atoms. The summed E-state index contributed by atoms with van der Waals surface area (Å²) < 4.78 is 0. The number of unbranched alkanes of at least 4 members (excludes halogenated alkanes) is 1. The van der Waals surface area contributed by atoms with Crippen molar-refractivity contribution in [1.29, 1.82) is 0 Å². The van der Waals surface area contributed by atoms with Crippen molar-refractivity contribution in [2.24, 2.45) is 5.73 Å². The molecular formula is C9H21N3. The van der Waals surface area contributed by atoms with Crippen LogP contribution in [0.25, 0.3) is 0 Å². The zero-order valence-electron chi connectivity index (χ0n) is 7.89. The normalized spacial score (nSPS) is 20.8. The first-order chi connectivity index (χ1) is 5.93. The molecule has 3 nitrogen and oxygen atoms in total. The lowest BCUT2D eigenvalue weighted by atomic mass is 10.3. The number of nitrogens with two attached hydrogens (primary N) is 1. The van der Waals surface area contributed by atoms with E-state index in [0.29, 0.717) is 0 Å². The first kappa shape index (κ1) is 9.96. The molecule has 0 aromatic rings. The van der Waals surface area contributed by atoms with E-state index in [4.69, 9.17) is 5.73 Å². The fraction of sp³-hybridized carbons (Fsp3) is 1.00. The van der Waals surface area contributed by atoms with E-state index in [1.54, 1.807) is 0 Å². The van der Waals surface area contributed by atoms with Gasteiger partial charge in [0.25, 0.3) is 0 Å². The monoisotopic (exact) mass is 171 g/mol. The summed E-state index contributed by atoms with van der Waals surface area (Å²) in [6.07, 6.45) is 3.73. The van der Waals surface area contributed by atoms with E-state index in [-0.39, 0.29) is 0 Å². The van der Waals surface area contributed by atoms with Crippen LogP contribution >= 0.6 is 0 Å². The van der Waals surface area contributed by atoms with Crippen molar-refractivity contribution in [3.05, 3.63) is 0 Å². The number of rotatable bonds is 4. The van der Waals surface area contributed by atoms with Gasteiger partial charge in [-0.3, -0.25) is 0 Å². The Hall–Kier alpha value is -0.120. The number of hydrogen-bond acceptors (Lipinski definition) is 3. The van der Waals surface area contributed by atoms with Crippen LogP contribution in [-0.4, -0.2) is 44.2 Å². The zero-order chi connectivity index (χ0) is 8.65. The molecule has 1 rings (SSSR count). The van der Waals surface area contributed by atoms with Gasteiger partial charge in [-0.05, 0) is 45.4 Å². The van der Waals surface area contributed by atoms with Crippen molar-refractivity contribution in [3.8, 4) is 0 Å². The summed E-state index contributed by atoms with van der Waals surface area (Å²) in [6, 6.07) is 0. The van der Waals surface area contributed by atoms with Crippen molar-refractivity contribution < 1.29 is 0 Å². The van der Waals surface area contributed by atoms with E-state index >= 15 is 0 Å². The van der Waals surface area contributed by atoms with Gasteiger partial charge in [0.1, 0.15) is 0 Å². The molecule has 0 aromatic heterocycles. The third-order valence-corrected chi connectivity index (χ3v) is 2.36. The van der Waals surface area contributed by atoms with Crippen molar-refractivity contribution in [3.63, 3.8) is 0 Å². The second kappa shape index (κ2) is 6.40. The van der Waals surface area contributed by atoms with Crippen LogP contribution in [0.5, 0.6) is 0 Å². The highest BCUT2D eigenvalue weighted by molar-refractivity contribution is 4.65. The van der Waals surface area contributed by atoms with E-state index in [1.807, 2.05) is 0 Å². The molecule has 0 aliphatic carbocycles. The number of nitrogens with zero attached hydrogens (tertiary/aromatic N) is 1. The Morgan fingerprint density at radius 3 is 2.92 bits per heavy atom. The first-order valence-corrected chi connectivity index (χ1v) is 5.06. The Morgan fingerprint density at radius 1 is 1.17 bits per heavy atom.